The Morgan fingerprint density at radius 3 is 3.00 bits per heavy atom. The molecule has 1 unspecified atom stereocenters. The maximum absolute atomic E-state index is 13.1. The lowest BCUT2D eigenvalue weighted by molar-refractivity contribution is -0.135. The molecule has 3 aromatic heterocycles. The second-order valence-electron chi connectivity index (χ2n) is 6.94. The van der Waals surface area contributed by atoms with Crippen molar-refractivity contribution in [2.75, 3.05) is 6.54 Å². The van der Waals surface area contributed by atoms with Gasteiger partial charge in [0.2, 0.25) is 5.91 Å². The van der Waals surface area contributed by atoms with E-state index in [0.29, 0.717) is 16.8 Å². The van der Waals surface area contributed by atoms with E-state index in [4.69, 9.17) is 4.98 Å². The van der Waals surface area contributed by atoms with Crippen LogP contribution in [0.3, 0.4) is 0 Å². The summed E-state index contributed by atoms with van der Waals surface area (Å²) in [5.74, 6) is -0.0533. The molecular formula is C20H18N4O2S2. The van der Waals surface area contributed by atoms with Crippen LogP contribution in [0.2, 0.25) is 0 Å². The van der Waals surface area contributed by atoms with Crippen LogP contribution in [-0.4, -0.2) is 31.9 Å². The zero-order valence-electron chi connectivity index (χ0n) is 15.1. The molecule has 0 saturated carbocycles. The van der Waals surface area contributed by atoms with Gasteiger partial charge in [-0.25, -0.2) is 9.97 Å². The standard InChI is InChI=1S/C20H18N4O2S2/c25-17(11-23-12-21-18-13(20(23)26)8-10-27-18)24-9-4-3-6-15(24)19-22-14-5-1-2-7-16(14)28-19/h1-2,5,7-8,10,12,15H,3-4,6,9,11H2. The number of amides is 1. The van der Waals surface area contributed by atoms with Crippen LogP contribution in [0.25, 0.3) is 20.4 Å². The molecule has 1 fully saturated rings. The summed E-state index contributed by atoms with van der Waals surface area (Å²) in [7, 11) is 0. The largest absolute Gasteiger partial charge is 0.332 e. The highest BCUT2D eigenvalue weighted by atomic mass is 32.1. The summed E-state index contributed by atoms with van der Waals surface area (Å²) in [5.41, 5.74) is 0.817. The molecular weight excluding hydrogens is 392 g/mol. The van der Waals surface area contributed by atoms with Gasteiger partial charge in [0.15, 0.2) is 0 Å². The molecule has 6 nitrogen and oxygen atoms in total. The Morgan fingerprint density at radius 2 is 2.11 bits per heavy atom. The molecule has 5 rings (SSSR count). The molecule has 4 aromatic rings. The average molecular weight is 411 g/mol. The van der Waals surface area contributed by atoms with Crippen molar-refractivity contribution in [3.05, 3.63) is 57.4 Å². The molecule has 4 heterocycles. The Morgan fingerprint density at radius 1 is 1.21 bits per heavy atom. The maximum Gasteiger partial charge on any atom is 0.262 e. The number of aromatic nitrogens is 3. The van der Waals surface area contributed by atoms with Crippen molar-refractivity contribution in [3.63, 3.8) is 0 Å². The minimum Gasteiger partial charge on any atom is -0.332 e. The summed E-state index contributed by atoms with van der Waals surface area (Å²) < 4.78 is 2.56. The molecule has 28 heavy (non-hydrogen) atoms. The van der Waals surface area contributed by atoms with E-state index in [1.165, 1.54) is 22.2 Å². The highest BCUT2D eigenvalue weighted by Gasteiger charge is 2.30. The number of rotatable bonds is 3. The monoisotopic (exact) mass is 410 g/mol. The SMILES string of the molecule is O=C(Cn1cnc2sccc2c1=O)N1CCCCC1c1nc2ccccc2s1. The number of piperidine rings is 1. The van der Waals surface area contributed by atoms with Gasteiger partial charge in [0.05, 0.1) is 28.0 Å². The van der Waals surface area contributed by atoms with E-state index in [0.717, 1.165) is 34.5 Å². The second-order valence-corrected chi connectivity index (χ2v) is 8.89. The van der Waals surface area contributed by atoms with Gasteiger partial charge in [0, 0.05) is 6.54 Å². The number of para-hydroxylation sites is 1. The zero-order valence-corrected chi connectivity index (χ0v) is 16.7. The number of thiazole rings is 1. The fourth-order valence-electron chi connectivity index (χ4n) is 3.76. The molecule has 0 aliphatic carbocycles. The molecule has 8 heteroatoms. The molecule has 0 N–H and O–H groups in total. The number of hydrogen-bond donors (Lipinski definition) is 0. The first kappa shape index (κ1) is 17.5. The second kappa shape index (κ2) is 7.10. The lowest BCUT2D eigenvalue weighted by Gasteiger charge is -2.34. The van der Waals surface area contributed by atoms with E-state index in [1.807, 2.05) is 28.5 Å². The number of thiophene rings is 1. The maximum atomic E-state index is 13.1. The van der Waals surface area contributed by atoms with Crippen LogP contribution >= 0.6 is 22.7 Å². The third-order valence-corrected chi connectivity index (χ3v) is 7.13. The van der Waals surface area contributed by atoms with Crippen molar-refractivity contribution in [2.45, 2.75) is 31.8 Å². The number of likely N-dealkylation sites (tertiary alicyclic amines) is 1. The quantitative estimate of drug-likeness (QED) is 0.515. The van der Waals surface area contributed by atoms with E-state index in [1.54, 1.807) is 17.4 Å². The summed E-state index contributed by atoms with van der Waals surface area (Å²) in [6.45, 7) is 0.710. The summed E-state index contributed by atoms with van der Waals surface area (Å²) >= 11 is 3.08. The molecule has 142 valence electrons. The van der Waals surface area contributed by atoms with Crippen molar-refractivity contribution in [1.82, 2.24) is 19.4 Å². The predicted octanol–water partition coefficient (Wildman–Crippen LogP) is 3.82. The third kappa shape index (κ3) is 3.02. The fourth-order valence-corrected chi connectivity index (χ4v) is 5.60. The Balaban J connectivity index is 1.44. The first-order valence-electron chi connectivity index (χ1n) is 9.28. The Hall–Kier alpha value is -2.58. The lowest BCUT2D eigenvalue weighted by Crippen LogP contribution is -2.41. The highest BCUT2D eigenvalue weighted by Crippen LogP contribution is 2.35. The number of nitrogens with zero attached hydrogens (tertiary/aromatic N) is 4. The van der Waals surface area contributed by atoms with Gasteiger partial charge >= 0.3 is 0 Å². The topological polar surface area (TPSA) is 68.1 Å². The van der Waals surface area contributed by atoms with E-state index >= 15 is 0 Å². The molecule has 1 saturated heterocycles. The molecule has 1 aliphatic rings. The molecule has 1 amide bonds. The Kier molecular flexibility index (Phi) is 4.44. The van der Waals surface area contributed by atoms with E-state index in [2.05, 4.69) is 11.1 Å². The van der Waals surface area contributed by atoms with Gasteiger partial charge < -0.3 is 4.90 Å². The van der Waals surface area contributed by atoms with Crippen LogP contribution in [-0.2, 0) is 11.3 Å². The Labute approximate surface area is 169 Å². The van der Waals surface area contributed by atoms with Crippen molar-refractivity contribution < 1.29 is 4.79 Å². The average Bonchev–Trinajstić information content (AvgIpc) is 3.37. The fraction of sp³-hybridized carbons (Fsp3) is 0.300. The molecule has 0 spiro atoms. The van der Waals surface area contributed by atoms with Crippen LogP contribution in [0.5, 0.6) is 0 Å². The number of hydrogen-bond acceptors (Lipinski definition) is 6. The lowest BCUT2D eigenvalue weighted by atomic mass is 10.0. The van der Waals surface area contributed by atoms with E-state index < -0.39 is 0 Å². The third-order valence-electron chi connectivity index (χ3n) is 5.17. The number of carbonyl (C=O) groups is 1. The first-order valence-corrected chi connectivity index (χ1v) is 11.0. The van der Waals surface area contributed by atoms with Gasteiger partial charge in [-0.15, -0.1) is 22.7 Å². The molecule has 1 aliphatic heterocycles. The minimum atomic E-state index is -0.159. The van der Waals surface area contributed by atoms with E-state index in [-0.39, 0.29) is 24.1 Å². The van der Waals surface area contributed by atoms with E-state index in [9.17, 15) is 9.59 Å². The number of carbonyl (C=O) groups excluding carboxylic acids is 1. The summed E-state index contributed by atoms with van der Waals surface area (Å²) in [5, 5.41) is 3.40. The van der Waals surface area contributed by atoms with Gasteiger partial charge in [0.25, 0.3) is 5.56 Å². The van der Waals surface area contributed by atoms with Crippen LogP contribution in [0.1, 0.15) is 30.3 Å². The number of benzene rings is 1. The van der Waals surface area contributed by atoms with Gasteiger partial charge in [-0.3, -0.25) is 14.2 Å². The molecule has 0 radical (unpaired) electrons. The highest BCUT2D eigenvalue weighted by molar-refractivity contribution is 7.18. The van der Waals surface area contributed by atoms with Gasteiger partial charge in [-0.05, 0) is 42.8 Å². The Bertz CT molecular complexity index is 1190. The summed E-state index contributed by atoms with van der Waals surface area (Å²) in [4.78, 5) is 37.4. The van der Waals surface area contributed by atoms with Crippen molar-refractivity contribution >= 4 is 49.0 Å². The van der Waals surface area contributed by atoms with Gasteiger partial charge in [-0.1, -0.05) is 12.1 Å². The van der Waals surface area contributed by atoms with Crippen molar-refractivity contribution in [1.29, 1.82) is 0 Å². The molecule has 0 bridgehead atoms. The minimum absolute atomic E-state index is 0.0129. The number of fused-ring (bicyclic) bond motifs is 2. The van der Waals surface area contributed by atoms with Crippen LogP contribution < -0.4 is 5.56 Å². The van der Waals surface area contributed by atoms with Gasteiger partial charge in [0.1, 0.15) is 16.4 Å². The van der Waals surface area contributed by atoms with Crippen LogP contribution in [0.4, 0.5) is 0 Å². The zero-order chi connectivity index (χ0) is 19.1. The molecule has 1 atom stereocenters. The first-order chi connectivity index (χ1) is 13.7. The summed E-state index contributed by atoms with van der Waals surface area (Å²) in [6.07, 6.45) is 4.44. The van der Waals surface area contributed by atoms with Gasteiger partial charge in [-0.2, -0.15) is 0 Å². The summed E-state index contributed by atoms with van der Waals surface area (Å²) in [6, 6.07) is 9.80. The van der Waals surface area contributed by atoms with Crippen LogP contribution in [0, 0.1) is 0 Å². The normalized spacial score (nSPS) is 17.4. The molecule has 1 aromatic carbocycles. The smallest absolute Gasteiger partial charge is 0.262 e. The predicted molar refractivity (Wildman–Crippen MR) is 112 cm³/mol. The van der Waals surface area contributed by atoms with Crippen molar-refractivity contribution in [2.24, 2.45) is 0 Å². The van der Waals surface area contributed by atoms with Crippen LogP contribution in [0.15, 0.2) is 46.8 Å². The van der Waals surface area contributed by atoms with Crippen molar-refractivity contribution in [3.8, 4) is 0 Å².